The fraction of sp³-hybridized carbons (Fsp3) is 0.625. The summed E-state index contributed by atoms with van der Waals surface area (Å²) in [6, 6.07) is 4.27. The molecule has 0 saturated heterocycles. The van der Waals surface area contributed by atoms with Crippen LogP contribution in [0, 0.1) is 19.3 Å². The molecule has 19 heavy (non-hydrogen) atoms. The third kappa shape index (κ3) is 2.61. The third-order valence-electron chi connectivity index (χ3n) is 4.69. The Kier molecular flexibility index (Phi) is 4.67. The lowest BCUT2D eigenvalue weighted by Gasteiger charge is -2.52. The maximum Gasteiger partial charge on any atom is 0.120 e. The molecule has 1 fully saturated rings. The second-order valence-electron chi connectivity index (χ2n) is 5.62. The highest BCUT2D eigenvalue weighted by atomic mass is 79.9. The highest BCUT2D eigenvalue weighted by Crippen LogP contribution is 2.52. The summed E-state index contributed by atoms with van der Waals surface area (Å²) in [5.41, 5.74) is 2.78. The van der Waals surface area contributed by atoms with Crippen molar-refractivity contribution in [3.05, 3.63) is 27.7 Å². The molecule has 1 aliphatic carbocycles. The van der Waals surface area contributed by atoms with Crippen molar-refractivity contribution < 1.29 is 4.74 Å². The zero-order valence-electron chi connectivity index (χ0n) is 12.1. The predicted octanol–water partition coefficient (Wildman–Crippen LogP) is 5.79. The first-order valence-corrected chi connectivity index (χ1v) is 8.73. The molecule has 1 aromatic rings. The second kappa shape index (κ2) is 5.77. The zero-order valence-corrected chi connectivity index (χ0v) is 15.3. The van der Waals surface area contributed by atoms with Crippen LogP contribution in [0.2, 0.25) is 0 Å². The first kappa shape index (κ1) is 15.4. The Morgan fingerprint density at radius 2 is 1.74 bits per heavy atom. The van der Waals surface area contributed by atoms with E-state index in [1.54, 1.807) is 0 Å². The lowest BCUT2D eigenvalue weighted by molar-refractivity contribution is -0.0411. The summed E-state index contributed by atoms with van der Waals surface area (Å²) in [6.07, 6.45) is 3.78. The first-order valence-electron chi connectivity index (χ1n) is 7.02. The highest BCUT2D eigenvalue weighted by Gasteiger charge is 2.53. The van der Waals surface area contributed by atoms with Gasteiger partial charge in [-0.2, -0.15) is 0 Å². The number of aryl methyl sites for hydroxylation is 2. The zero-order chi connectivity index (χ0) is 14.2. The normalized spacial score (nSPS) is 24.9. The van der Waals surface area contributed by atoms with Crippen molar-refractivity contribution >= 4 is 31.9 Å². The number of rotatable bonds is 4. The van der Waals surface area contributed by atoms with E-state index in [0.29, 0.717) is 16.3 Å². The van der Waals surface area contributed by atoms with E-state index in [-0.39, 0.29) is 0 Å². The molecule has 2 atom stereocenters. The van der Waals surface area contributed by atoms with E-state index in [9.17, 15) is 0 Å². The molecule has 0 N–H and O–H groups in total. The minimum atomic E-state index is 0.300. The molecular formula is C16H22Br2O. The molecule has 1 saturated carbocycles. The van der Waals surface area contributed by atoms with Gasteiger partial charge in [-0.05, 0) is 56.4 Å². The van der Waals surface area contributed by atoms with E-state index < -0.39 is 0 Å². The average Bonchev–Trinajstić information content (AvgIpc) is 2.37. The van der Waals surface area contributed by atoms with Crippen LogP contribution in [0.1, 0.15) is 44.2 Å². The van der Waals surface area contributed by atoms with Gasteiger partial charge in [-0.3, -0.25) is 0 Å². The molecule has 0 aliphatic heterocycles. The Hall–Kier alpha value is -0.0200. The van der Waals surface area contributed by atoms with Gasteiger partial charge in [0.15, 0.2) is 0 Å². The van der Waals surface area contributed by atoms with Gasteiger partial charge < -0.3 is 4.74 Å². The monoisotopic (exact) mass is 388 g/mol. The minimum Gasteiger partial charge on any atom is -0.490 e. The van der Waals surface area contributed by atoms with Crippen molar-refractivity contribution in [2.24, 2.45) is 5.41 Å². The Morgan fingerprint density at radius 3 is 2.16 bits per heavy atom. The van der Waals surface area contributed by atoms with E-state index >= 15 is 0 Å². The topological polar surface area (TPSA) is 9.23 Å². The molecule has 106 valence electrons. The van der Waals surface area contributed by atoms with Crippen LogP contribution in [-0.4, -0.2) is 10.9 Å². The number of halogens is 2. The van der Waals surface area contributed by atoms with Crippen LogP contribution in [-0.2, 0) is 0 Å². The van der Waals surface area contributed by atoms with Gasteiger partial charge in [0.05, 0.1) is 0 Å². The van der Waals surface area contributed by atoms with Crippen LogP contribution in [0.15, 0.2) is 16.6 Å². The van der Waals surface area contributed by atoms with Crippen LogP contribution in [0.4, 0.5) is 0 Å². The minimum absolute atomic E-state index is 0.300. The number of alkyl halides is 1. The van der Waals surface area contributed by atoms with Gasteiger partial charge in [-0.25, -0.2) is 0 Å². The Bertz CT molecular complexity index is 443. The molecule has 0 spiro atoms. The predicted molar refractivity (Wildman–Crippen MR) is 88.4 cm³/mol. The van der Waals surface area contributed by atoms with Gasteiger partial charge in [0.1, 0.15) is 11.9 Å². The summed E-state index contributed by atoms with van der Waals surface area (Å²) >= 11 is 7.42. The first-order chi connectivity index (χ1) is 8.94. The molecule has 1 aromatic carbocycles. The van der Waals surface area contributed by atoms with E-state index in [1.807, 2.05) is 0 Å². The number of hydrogen-bond donors (Lipinski definition) is 0. The molecule has 2 rings (SSSR count). The van der Waals surface area contributed by atoms with Crippen LogP contribution in [0.25, 0.3) is 0 Å². The molecule has 0 amide bonds. The second-order valence-corrected chi connectivity index (χ2v) is 7.52. The number of hydrogen-bond acceptors (Lipinski definition) is 1. The Balaban J connectivity index is 2.19. The molecule has 1 aliphatic rings. The van der Waals surface area contributed by atoms with E-state index in [4.69, 9.17) is 4.74 Å². The Labute approximate surface area is 133 Å². The average molecular weight is 390 g/mol. The SMILES string of the molecule is CCC1(CC)C(Br)CC1Oc1cc(C)c(Br)c(C)c1. The summed E-state index contributed by atoms with van der Waals surface area (Å²) in [6.45, 7) is 8.77. The maximum absolute atomic E-state index is 6.28. The third-order valence-corrected chi connectivity index (χ3v) is 7.23. The van der Waals surface area contributed by atoms with Crippen molar-refractivity contribution in [3.63, 3.8) is 0 Å². The molecular weight excluding hydrogens is 368 g/mol. The number of ether oxygens (including phenoxy) is 1. The van der Waals surface area contributed by atoms with E-state index in [1.165, 1.54) is 28.4 Å². The molecule has 2 unspecified atom stereocenters. The molecule has 0 bridgehead atoms. The molecule has 1 nitrogen and oxygen atoms in total. The summed E-state index contributed by atoms with van der Waals surface area (Å²) in [4.78, 5) is 0.595. The van der Waals surface area contributed by atoms with Gasteiger partial charge in [-0.15, -0.1) is 0 Å². The standard InChI is InChI=1S/C16H22Br2O/c1-5-16(6-2)13(17)9-14(16)19-12-7-10(3)15(18)11(4)8-12/h7-8,13-14H,5-6,9H2,1-4H3. The quantitative estimate of drug-likeness (QED) is 0.592. The molecule has 3 heteroatoms. The smallest absolute Gasteiger partial charge is 0.120 e. The fourth-order valence-electron chi connectivity index (χ4n) is 3.15. The van der Waals surface area contributed by atoms with E-state index in [2.05, 4.69) is 71.7 Å². The van der Waals surface area contributed by atoms with Gasteiger partial charge in [0, 0.05) is 14.7 Å². The molecule has 0 heterocycles. The highest BCUT2D eigenvalue weighted by molar-refractivity contribution is 9.10. The van der Waals surface area contributed by atoms with Crippen LogP contribution >= 0.6 is 31.9 Å². The summed E-state index contributed by atoms with van der Waals surface area (Å²) < 4.78 is 7.47. The summed E-state index contributed by atoms with van der Waals surface area (Å²) in [5, 5.41) is 0. The lowest BCUT2D eigenvalue weighted by Crippen LogP contribution is -2.56. The van der Waals surface area contributed by atoms with Gasteiger partial charge in [0.2, 0.25) is 0 Å². The van der Waals surface area contributed by atoms with Crippen molar-refractivity contribution in [1.29, 1.82) is 0 Å². The van der Waals surface area contributed by atoms with Crippen molar-refractivity contribution in [2.75, 3.05) is 0 Å². The van der Waals surface area contributed by atoms with Crippen molar-refractivity contribution in [1.82, 2.24) is 0 Å². The largest absolute Gasteiger partial charge is 0.490 e. The van der Waals surface area contributed by atoms with Crippen LogP contribution in [0.3, 0.4) is 0 Å². The molecule has 0 aromatic heterocycles. The van der Waals surface area contributed by atoms with Crippen molar-refractivity contribution in [3.8, 4) is 5.75 Å². The molecule has 0 radical (unpaired) electrons. The van der Waals surface area contributed by atoms with Crippen LogP contribution < -0.4 is 4.74 Å². The van der Waals surface area contributed by atoms with Crippen LogP contribution in [0.5, 0.6) is 5.75 Å². The number of benzene rings is 1. The maximum atomic E-state index is 6.28. The van der Waals surface area contributed by atoms with Gasteiger partial charge >= 0.3 is 0 Å². The lowest BCUT2D eigenvalue weighted by atomic mass is 9.62. The fourth-order valence-corrected chi connectivity index (χ4v) is 4.66. The summed E-state index contributed by atoms with van der Waals surface area (Å²) in [7, 11) is 0. The van der Waals surface area contributed by atoms with Gasteiger partial charge in [-0.1, -0.05) is 45.7 Å². The summed E-state index contributed by atoms with van der Waals surface area (Å²) in [5.74, 6) is 1.01. The Morgan fingerprint density at radius 1 is 1.21 bits per heavy atom. The van der Waals surface area contributed by atoms with Gasteiger partial charge in [0.25, 0.3) is 0 Å². The van der Waals surface area contributed by atoms with E-state index in [0.717, 1.165) is 12.2 Å². The van der Waals surface area contributed by atoms with Crippen molar-refractivity contribution in [2.45, 2.75) is 57.9 Å².